The van der Waals surface area contributed by atoms with Crippen molar-refractivity contribution < 1.29 is 14.7 Å². The summed E-state index contributed by atoms with van der Waals surface area (Å²) in [6, 6.07) is 3.13. The summed E-state index contributed by atoms with van der Waals surface area (Å²) in [5.41, 5.74) is 5.80. The van der Waals surface area contributed by atoms with Gasteiger partial charge in [0.2, 0.25) is 5.91 Å². The van der Waals surface area contributed by atoms with Crippen LogP contribution >= 0.6 is 0 Å². The van der Waals surface area contributed by atoms with Gasteiger partial charge in [0.1, 0.15) is 5.82 Å². The standard InChI is InChI=1S/C14H19N3O3/c1-3-10-6-9(12(18)19)7-11(16-10)17-5-4-14(2,8-17)13(15)20/h6-7H,3-5,8H2,1-2H3,(H2,15,20)(H,18,19). The van der Waals surface area contributed by atoms with Gasteiger partial charge in [-0.15, -0.1) is 0 Å². The van der Waals surface area contributed by atoms with Crippen LogP contribution in [-0.2, 0) is 11.2 Å². The Balaban J connectivity index is 2.32. The molecule has 1 aromatic heterocycles. The van der Waals surface area contributed by atoms with Crippen molar-refractivity contribution in [2.75, 3.05) is 18.0 Å². The molecule has 6 heteroatoms. The number of carboxylic acids is 1. The van der Waals surface area contributed by atoms with Crippen molar-refractivity contribution in [1.29, 1.82) is 0 Å². The highest BCUT2D eigenvalue weighted by molar-refractivity contribution is 5.89. The van der Waals surface area contributed by atoms with Gasteiger partial charge >= 0.3 is 5.97 Å². The van der Waals surface area contributed by atoms with E-state index in [0.717, 1.165) is 5.69 Å². The Morgan fingerprint density at radius 2 is 2.20 bits per heavy atom. The number of nitrogens with two attached hydrogens (primary N) is 1. The summed E-state index contributed by atoms with van der Waals surface area (Å²) >= 11 is 0. The molecule has 0 aromatic carbocycles. The number of carboxylic acid groups (broad SMARTS) is 1. The molecular weight excluding hydrogens is 258 g/mol. The number of amides is 1. The lowest BCUT2D eigenvalue weighted by Crippen LogP contribution is -2.37. The van der Waals surface area contributed by atoms with Crippen LogP contribution in [0, 0.1) is 5.41 Å². The summed E-state index contributed by atoms with van der Waals surface area (Å²) in [7, 11) is 0. The summed E-state index contributed by atoms with van der Waals surface area (Å²) in [5, 5.41) is 9.14. The Hall–Kier alpha value is -2.11. The molecular formula is C14H19N3O3. The summed E-state index contributed by atoms with van der Waals surface area (Å²) < 4.78 is 0. The van der Waals surface area contributed by atoms with Crippen molar-refractivity contribution in [2.45, 2.75) is 26.7 Å². The Labute approximate surface area is 117 Å². The van der Waals surface area contributed by atoms with E-state index >= 15 is 0 Å². The van der Waals surface area contributed by atoms with Crippen LogP contribution in [-0.4, -0.2) is 35.1 Å². The molecule has 1 aliphatic rings. The molecule has 0 saturated carbocycles. The summed E-state index contributed by atoms with van der Waals surface area (Å²) in [6.07, 6.45) is 1.32. The van der Waals surface area contributed by atoms with Crippen molar-refractivity contribution in [1.82, 2.24) is 4.98 Å². The molecule has 0 aliphatic carbocycles. The maximum absolute atomic E-state index is 11.5. The van der Waals surface area contributed by atoms with Crippen molar-refractivity contribution >= 4 is 17.7 Å². The lowest BCUT2D eigenvalue weighted by molar-refractivity contribution is -0.125. The van der Waals surface area contributed by atoms with Crippen LogP contribution in [0.2, 0.25) is 0 Å². The number of anilines is 1. The van der Waals surface area contributed by atoms with E-state index in [0.29, 0.717) is 31.7 Å². The maximum Gasteiger partial charge on any atom is 0.335 e. The molecule has 108 valence electrons. The Morgan fingerprint density at radius 1 is 1.50 bits per heavy atom. The fourth-order valence-corrected chi connectivity index (χ4v) is 2.40. The zero-order valence-corrected chi connectivity index (χ0v) is 11.7. The number of pyridine rings is 1. The average Bonchev–Trinajstić information content (AvgIpc) is 2.82. The number of carbonyl (C=O) groups excluding carboxylic acids is 1. The zero-order chi connectivity index (χ0) is 14.9. The van der Waals surface area contributed by atoms with Gasteiger partial charge < -0.3 is 15.7 Å². The van der Waals surface area contributed by atoms with Gasteiger partial charge in [0.25, 0.3) is 0 Å². The maximum atomic E-state index is 11.5. The number of aromatic nitrogens is 1. The van der Waals surface area contributed by atoms with E-state index in [1.807, 2.05) is 18.7 Å². The van der Waals surface area contributed by atoms with Crippen LogP contribution in [0.1, 0.15) is 36.3 Å². The van der Waals surface area contributed by atoms with E-state index < -0.39 is 11.4 Å². The fourth-order valence-electron chi connectivity index (χ4n) is 2.40. The van der Waals surface area contributed by atoms with Gasteiger partial charge in [0, 0.05) is 18.8 Å². The smallest absolute Gasteiger partial charge is 0.335 e. The second kappa shape index (κ2) is 5.11. The number of aromatic carboxylic acids is 1. The number of hydrogen-bond donors (Lipinski definition) is 2. The van der Waals surface area contributed by atoms with E-state index in [4.69, 9.17) is 10.8 Å². The van der Waals surface area contributed by atoms with E-state index in [-0.39, 0.29) is 11.5 Å². The molecule has 1 aromatic rings. The number of nitrogens with zero attached hydrogens (tertiary/aromatic N) is 2. The van der Waals surface area contributed by atoms with Crippen LogP contribution in [0.4, 0.5) is 5.82 Å². The molecule has 1 unspecified atom stereocenters. The highest BCUT2D eigenvalue weighted by atomic mass is 16.4. The van der Waals surface area contributed by atoms with Crippen LogP contribution in [0.25, 0.3) is 0 Å². The second-order valence-electron chi connectivity index (χ2n) is 5.46. The molecule has 1 fully saturated rings. The molecule has 1 amide bonds. The van der Waals surface area contributed by atoms with Crippen LogP contribution in [0.15, 0.2) is 12.1 Å². The minimum absolute atomic E-state index is 0.222. The quantitative estimate of drug-likeness (QED) is 0.857. The van der Waals surface area contributed by atoms with E-state index in [1.165, 1.54) is 0 Å². The first kappa shape index (κ1) is 14.3. The Morgan fingerprint density at radius 3 is 2.70 bits per heavy atom. The van der Waals surface area contributed by atoms with Gasteiger partial charge in [0.15, 0.2) is 0 Å². The van der Waals surface area contributed by atoms with Crippen LogP contribution in [0.5, 0.6) is 0 Å². The lowest BCUT2D eigenvalue weighted by Gasteiger charge is -2.22. The first-order chi connectivity index (χ1) is 9.35. The van der Waals surface area contributed by atoms with Crippen molar-refractivity contribution in [3.63, 3.8) is 0 Å². The number of hydrogen-bond acceptors (Lipinski definition) is 4. The number of carbonyl (C=O) groups is 2. The molecule has 0 spiro atoms. The van der Waals surface area contributed by atoms with Gasteiger partial charge in [0.05, 0.1) is 11.0 Å². The fraction of sp³-hybridized carbons (Fsp3) is 0.500. The van der Waals surface area contributed by atoms with Gasteiger partial charge in [-0.2, -0.15) is 0 Å². The normalized spacial score (nSPS) is 22.0. The van der Waals surface area contributed by atoms with E-state index in [1.54, 1.807) is 12.1 Å². The third-order valence-corrected chi connectivity index (χ3v) is 3.87. The highest BCUT2D eigenvalue weighted by Gasteiger charge is 2.39. The summed E-state index contributed by atoms with van der Waals surface area (Å²) in [6.45, 7) is 4.88. The van der Waals surface area contributed by atoms with Gasteiger partial charge in [-0.05, 0) is 31.9 Å². The molecule has 2 heterocycles. The Bertz CT molecular complexity index is 559. The molecule has 1 atom stereocenters. The first-order valence-electron chi connectivity index (χ1n) is 6.65. The predicted octanol–water partition coefficient (Wildman–Crippen LogP) is 1.04. The molecule has 1 saturated heterocycles. The molecule has 2 rings (SSSR count). The third kappa shape index (κ3) is 2.59. The van der Waals surface area contributed by atoms with Crippen molar-refractivity contribution in [3.8, 4) is 0 Å². The molecule has 0 radical (unpaired) electrons. The molecule has 0 bridgehead atoms. The number of primary amides is 1. The summed E-state index contributed by atoms with van der Waals surface area (Å²) in [4.78, 5) is 29.0. The van der Waals surface area contributed by atoms with Crippen molar-refractivity contribution in [2.24, 2.45) is 11.1 Å². The molecule has 3 N–H and O–H groups in total. The Kier molecular flexibility index (Phi) is 3.65. The minimum atomic E-state index is -0.972. The third-order valence-electron chi connectivity index (χ3n) is 3.87. The first-order valence-corrected chi connectivity index (χ1v) is 6.65. The van der Waals surface area contributed by atoms with E-state index in [9.17, 15) is 9.59 Å². The largest absolute Gasteiger partial charge is 0.478 e. The highest BCUT2D eigenvalue weighted by Crippen LogP contribution is 2.32. The second-order valence-corrected chi connectivity index (χ2v) is 5.46. The monoisotopic (exact) mass is 277 g/mol. The SMILES string of the molecule is CCc1cc(C(=O)O)cc(N2CCC(C)(C(N)=O)C2)n1. The van der Waals surface area contributed by atoms with E-state index in [2.05, 4.69) is 4.98 Å². The van der Waals surface area contributed by atoms with Crippen molar-refractivity contribution in [3.05, 3.63) is 23.4 Å². The topological polar surface area (TPSA) is 96.5 Å². The van der Waals surface area contributed by atoms with Crippen LogP contribution in [0.3, 0.4) is 0 Å². The van der Waals surface area contributed by atoms with Gasteiger partial charge in [-0.25, -0.2) is 9.78 Å². The molecule has 20 heavy (non-hydrogen) atoms. The van der Waals surface area contributed by atoms with Crippen LogP contribution < -0.4 is 10.6 Å². The minimum Gasteiger partial charge on any atom is -0.478 e. The molecule has 6 nitrogen and oxygen atoms in total. The number of rotatable bonds is 4. The van der Waals surface area contributed by atoms with Gasteiger partial charge in [-0.3, -0.25) is 4.79 Å². The van der Waals surface area contributed by atoms with Gasteiger partial charge in [-0.1, -0.05) is 6.92 Å². The number of aryl methyl sites for hydroxylation is 1. The lowest BCUT2D eigenvalue weighted by atomic mass is 9.89. The summed E-state index contributed by atoms with van der Waals surface area (Å²) in [5.74, 6) is -0.697. The molecule has 1 aliphatic heterocycles. The predicted molar refractivity (Wildman–Crippen MR) is 74.7 cm³/mol. The zero-order valence-electron chi connectivity index (χ0n) is 11.7. The average molecular weight is 277 g/mol.